The monoisotopic (exact) mass is 379 g/mol. The molecule has 2 rings (SSSR count). The summed E-state index contributed by atoms with van der Waals surface area (Å²) in [7, 11) is 0. The second-order valence-electron chi connectivity index (χ2n) is 4.65. The third-order valence-corrected chi connectivity index (χ3v) is 3.88. The maximum absolute atomic E-state index is 6.02. The molecular weight excluding hydrogens is 365 g/mol. The molecule has 10 heteroatoms. The molecule has 0 aliphatic carbocycles. The van der Waals surface area contributed by atoms with Gasteiger partial charge in [-0.3, -0.25) is 4.84 Å². The van der Waals surface area contributed by atoms with Gasteiger partial charge in [-0.2, -0.15) is 10.1 Å². The summed E-state index contributed by atoms with van der Waals surface area (Å²) in [6, 6.07) is 3.11. The second-order valence-corrected chi connectivity index (χ2v) is 5.87. The highest BCUT2D eigenvalue weighted by Crippen LogP contribution is 2.33. The van der Waals surface area contributed by atoms with Crippen molar-refractivity contribution in [2.45, 2.75) is 19.5 Å². The van der Waals surface area contributed by atoms with Gasteiger partial charge in [-0.15, -0.1) is 0 Å². The summed E-state index contributed by atoms with van der Waals surface area (Å²) in [5, 5.41) is 2.54. The largest absolute Gasteiger partial charge is 0.492 e. The first kappa shape index (κ1) is 17.9. The zero-order valence-corrected chi connectivity index (χ0v) is 14.6. The van der Waals surface area contributed by atoms with Gasteiger partial charge in [0, 0.05) is 12.5 Å². The average molecular weight is 381 g/mol. The van der Waals surface area contributed by atoms with Crippen LogP contribution in [-0.2, 0) is 4.84 Å². The van der Waals surface area contributed by atoms with Crippen LogP contribution in [0.5, 0.6) is 5.75 Å². The molecule has 1 aliphatic heterocycles. The quantitative estimate of drug-likeness (QED) is 0.584. The Morgan fingerprint density at radius 2 is 1.83 bits per heavy atom. The van der Waals surface area contributed by atoms with Crippen LogP contribution in [0.1, 0.15) is 13.3 Å². The van der Waals surface area contributed by atoms with Gasteiger partial charge >= 0.3 is 0 Å². The predicted molar refractivity (Wildman–Crippen MR) is 92.1 cm³/mol. The van der Waals surface area contributed by atoms with Crippen molar-refractivity contribution < 1.29 is 9.57 Å². The number of hydroxylamine groups is 2. The van der Waals surface area contributed by atoms with E-state index in [1.54, 1.807) is 13.0 Å². The predicted octanol–water partition coefficient (Wildman–Crippen LogP) is 2.64. The van der Waals surface area contributed by atoms with Crippen molar-refractivity contribution in [2.75, 3.05) is 13.2 Å². The van der Waals surface area contributed by atoms with E-state index in [9.17, 15) is 0 Å². The third-order valence-electron chi connectivity index (χ3n) is 2.86. The van der Waals surface area contributed by atoms with E-state index < -0.39 is 0 Å². The first-order valence-corrected chi connectivity index (χ1v) is 7.89. The fourth-order valence-corrected chi connectivity index (χ4v) is 2.42. The number of rotatable bonds is 6. The molecule has 0 radical (unpaired) electrons. The highest BCUT2D eigenvalue weighted by atomic mass is 35.5. The van der Waals surface area contributed by atoms with E-state index in [4.69, 9.17) is 55.8 Å². The first-order chi connectivity index (χ1) is 10.9. The van der Waals surface area contributed by atoms with Crippen molar-refractivity contribution in [3.05, 3.63) is 27.2 Å². The van der Waals surface area contributed by atoms with Crippen molar-refractivity contribution in [2.24, 2.45) is 21.5 Å². The molecule has 126 valence electrons. The maximum atomic E-state index is 6.02. The number of benzene rings is 1. The Kier molecular flexibility index (Phi) is 6.17. The molecule has 0 bridgehead atoms. The molecule has 0 spiro atoms. The summed E-state index contributed by atoms with van der Waals surface area (Å²) in [6.45, 7) is 2.53. The highest BCUT2D eigenvalue weighted by Gasteiger charge is 2.21. The molecular formula is C13H16Cl3N5O2. The molecule has 1 aromatic carbocycles. The standard InChI is InChI=1S/C13H16Cl3N5O2/c1-7-19-12(17)20-13(18)21(7)23-4-2-3-22-11-6-9(15)8(14)5-10(11)16/h5-7H,2-4H2,1H3,(H4,17,18,19,20). The van der Waals surface area contributed by atoms with Gasteiger partial charge in [0.2, 0.25) is 11.9 Å². The number of ether oxygens (including phenoxy) is 1. The minimum absolute atomic E-state index is 0.132. The van der Waals surface area contributed by atoms with E-state index in [-0.39, 0.29) is 18.1 Å². The van der Waals surface area contributed by atoms with Crippen molar-refractivity contribution in [1.29, 1.82) is 0 Å². The molecule has 4 N–H and O–H groups in total. The van der Waals surface area contributed by atoms with E-state index >= 15 is 0 Å². The SMILES string of the molecule is CC1N=C(N)N=C(N)N1OCCCOc1cc(Cl)c(Cl)cc1Cl. The Morgan fingerprint density at radius 3 is 2.52 bits per heavy atom. The van der Waals surface area contributed by atoms with Gasteiger partial charge in [0.05, 0.1) is 28.3 Å². The van der Waals surface area contributed by atoms with Gasteiger partial charge in [-0.1, -0.05) is 34.8 Å². The van der Waals surface area contributed by atoms with E-state index in [0.29, 0.717) is 40.5 Å². The highest BCUT2D eigenvalue weighted by molar-refractivity contribution is 6.43. The van der Waals surface area contributed by atoms with Gasteiger partial charge in [-0.25, -0.2) is 4.99 Å². The Balaban J connectivity index is 1.77. The van der Waals surface area contributed by atoms with Gasteiger partial charge in [-0.05, 0) is 13.0 Å². The number of nitrogens with zero attached hydrogens (tertiary/aromatic N) is 3. The molecule has 0 saturated carbocycles. The van der Waals surface area contributed by atoms with Crippen LogP contribution in [0.4, 0.5) is 0 Å². The number of halogens is 3. The van der Waals surface area contributed by atoms with Crippen molar-refractivity contribution in [3.8, 4) is 5.75 Å². The van der Waals surface area contributed by atoms with E-state index in [1.165, 1.54) is 11.1 Å². The van der Waals surface area contributed by atoms with Gasteiger partial charge in [0.15, 0.2) is 0 Å². The van der Waals surface area contributed by atoms with E-state index in [1.807, 2.05) is 0 Å². The second kappa shape index (κ2) is 7.92. The minimum atomic E-state index is -0.335. The Bertz CT molecular complexity index is 638. The lowest BCUT2D eigenvalue weighted by molar-refractivity contribution is -0.126. The van der Waals surface area contributed by atoms with Crippen LogP contribution in [-0.4, -0.2) is 36.4 Å². The molecule has 0 amide bonds. The van der Waals surface area contributed by atoms with Crippen LogP contribution in [0.25, 0.3) is 0 Å². The van der Waals surface area contributed by atoms with Crippen molar-refractivity contribution in [1.82, 2.24) is 5.06 Å². The Labute approximate surface area is 148 Å². The molecule has 1 aliphatic rings. The van der Waals surface area contributed by atoms with Crippen LogP contribution in [0.15, 0.2) is 22.1 Å². The lowest BCUT2D eigenvalue weighted by Gasteiger charge is -2.28. The van der Waals surface area contributed by atoms with Crippen LogP contribution < -0.4 is 16.2 Å². The van der Waals surface area contributed by atoms with Gasteiger partial charge < -0.3 is 16.2 Å². The van der Waals surface area contributed by atoms with Crippen LogP contribution >= 0.6 is 34.8 Å². The normalized spacial score (nSPS) is 17.7. The molecule has 1 atom stereocenters. The molecule has 0 aromatic heterocycles. The molecule has 1 heterocycles. The van der Waals surface area contributed by atoms with E-state index in [2.05, 4.69) is 9.98 Å². The smallest absolute Gasteiger partial charge is 0.225 e. The molecule has 0 saturated heterocycles. The van der Waals surface area contributed by atoms with Crippen LogP contribution in [0.3, 0.4) is 0 Å². The summed E-state index contributed by atoms with van der Waals surface area (Å²) in [4.78, 5) is 13.4. The Hall–Kier alpha value is -1.41. The molecule has 7 nitrogen and oxygen atoms in total. The van der Waals surface area contributed by atoms with Gasteiger partial charge in [0.25, 0.3) is 0 Å². The average Bonchev–Trinajstić information content (AvgIpc) is 2.46. The first-order valence-electron chi connectivity index (χ1n) is 6.75. The number of hydrogen-bond acceptors (Lipinski definition) is 7. The summed E-state index contributed by atoms with van der Waals surface area (Å²) in [6.07, 6.45) is 0.254. The minimum Gasteiger partial charge on any atom is -0.492 e. The lowest BCUT2D eigenvalue weighted by atomic mass is 10.3. The molecule has 1 unspecified atom stereocenters. The number of aliphatic imine (C=N–C) groups is 2. The zero-order valence-electron chi connectivity index (χ0n) is 12.3. The summed E-state index contributed by atoms with van der Waals surface area (Å²) < 4.78 is 5.55. The third kappa shape index (κ3) is 4.78. The summed E-state index contributed by atoms with van der Waals surface area (Å²) in [5.41, 5.74) is 11.2. The molecule has 1 aromatic rings. The fraction of sp³-hybridized carbons (Fsp3) is 0.385. The molecule has 23 heavy (non-hydrogen) atoms. The fourth-order valence-electron chi connectivity index (χ4n) is 1.82. The maximum Gasteiger partial charge on any atom is 0.225 e. The lowest BCUT2D eigenvalue weighted by Crippen LogP contribution is -2.47. The number of nitrogens with two attached hydrogens (primary N) is 2. The summed E-state index contributed by atoms with van der Waals surface area (Å²) in [5.74, 6) is 0.761. The topological polar surface area (TPSA) is 98.5 Å². The van der Waals surface area contributed by atoms with Gasteiger partial charge in [0.1, 0.15) is 11.9 Å². The van der Waals surface area contributed by atoms with Crippen molar-refractivity contribution >= 4 is 46.7 Å². The van der Waals surface area contributed by atoms with E-state index in [0.717, 1.165) is 0 Å². The Morgan fingerprint density at radius 1 is 1.13 bits per heavy atom. The summed E-state index contributed by atoms with van der Waals surface area (Å²) >= 11 is 17.8. The zero-order chi connectivity index (χ0) is 17.0. The van der Waals surface area contributed by atoms with Crippen molar-refractivity contribution in [3.63, 3.8) is 0 Å². The number of guanidine groups is 2. The van der Waals surface area contributed by atoms with Crippen LogP contribution in [0.2, 0.25) is 15.1 Å². The number of hydrogen-bond donors (Lipinski definition) is 2. The van der Waals surface area contributed by atoms with Crippen LogP contribution in [0, 0.1) is 0 Å². The molecule has 0 fully saturated rings.